The molecule has 7 heteroatoms. The van der Waals surface area contributed by atoms with Gasteiger partial charge in [0.1, 0.15) is 6.04 Å². The highest BCUT2D eigenvalue weighted by atomic mass is 16.5. The summed E-state index contributed by atoms with van der Waals surface area (Å²) in [5, 5.41) is 0. The van der Waals surface area contributed by atoms with Gasteiger partial charge in [0.2, 0.25) is 11.8 Å². The lowest BCUT2D eigenvalue weighted by molar-refractivity contribution is -0.138. The number of anilines is 1. The van der Waals surface area contributed by atoms with Crippen molar-refractivity contribution in [3.05, 3.63) is 102 Å². The molecule has 1 saturated heterocycles. The number of ether oxygens (including phenoxy) is 1. The maximum Gasteiger partial charge on any atom is 0.337 e. The normalized spacial score (nSPS) is 15.3. The van der Waals surface area contributed by atoms with Crippen LogP contribution in [-0.2, 0) is 32.1 Å². The van der Waals surface area contributed by atoms with E-state index in [9.17, 15) is 19.2 Å². The molecule has 0 bridgehead atoms. The van der Waals surface area contributed by atoms with Gasteiger partial charge in [-0.05, 0) is 35.4 Å². The molecule has 0 aliphatic carbocycles. The van der Waals surface area contributed by atoms with Gasteiger partial charge in [-0.25, -0.2) is 9.69 Å². The third-order valence-electron chi connectivity index (χ3n) is 5.76. The van der Waals surface area contributed by atoms with E-state index < -0.39 is 23.8 Å². The zero-order chi connectivity index (χ0) is 24.1. The van der Waals surface area contributed by atoms with Crippen LogP contribution in [0.4, 0.5) is 5.69 Å². The van der Waals surface area contributed by atoms with Gasteiger partial charge < -0.3 is 9.64 Å². The van der Waals surface area contributed by atoms with Gasteiger partial charge in [0, 0.05) is 6.54 Å². The first-order valence-corrected chi connectivity index (χ1v) is 10.9. The summed E-state index contributed by atoms with van der Waals surface area (Å²) in [5.74, 6) is -1.60. The minimum Gasteiger partial charge on any atom is -0.465 e. The summed E-state index contributed by atoms with van der Waals surface area (Å²) in [6, 6.07) is 23.8. The van der Waals surface area contributed by atoms with Crippen molar-refractivity contribution in [1.29, 1.82) is 0 Å². The first-order valence-electron chi connectivity index (χ1n) is 10.9. The average molecular weight is 456 g/mol. The van der Waals surface area contributed by atoms with Gasteiger partial charge in [-0.1, -0.05) is 60.7 Å². The van der Waals surface area contributed by atoms with Crippen LogP contribution in [-0.4, -0.2) is 41.7 Å². The van der Waals surface area contributed by atoms with Crippen LogP contribution in [0.5, 0.6) is 0 Å². The average Bonchev–Trinajstić information content (AvgIpc) is 3.16. The van der Waals surface area contributed by atoms with E-state index in [0.717, 1.165) is 16.0 Å². The molecule has 3 aromatic rings. The Morgan fingerprint density at radius 1 is 0.882 bits per heavy atom. The highest BCUT2D eigenvalue weighted by Gasteiger charge is 2.44. The van der Waals surface area contributed by atoms with Crippen LogP contribution < -0.4 is 4.90 Å². The molecular formula is C27H24N2O5. The van der Waals surface area contributed by atoms with Crippen LogP contribution in [0.2, 0.25) is 0 Å². The summed E-state index contributed by atoms with van der Waals surface area (Å²) in [5.41, 5.74) is 2.36. The number of imide groups is 1. The Hall–Kier alpha value is -4.26. The second kappa shape index (κ2) is 10.1. The van der Waals surface area contributed by atoms with Gasteiger partial charge in [-0.15, -0.1) is 0 Å². The van der Waals surface area contributed by atoms with E-state index >= 15 is 0 Å². The van der Waals surface area contributed by atoms with Crippen molar-refractivity contribution >= 4 is 29.4 Å². The Bertz CT molecular complexity index is 1190. The van der Waals surface area contributed by atoms with E-state index in [1.807, 2.05) is 60.7 Å². The molecule has 4 rings (SSSR count). The zero-order valence-corrected chi connectivity index (χ0v) is 18.7. The number of amides is 3. The first-order chi connectivity index (χ1) is 16.5. The molecule has 3 amide bonds. The van der Waals surface area contributed by atoms with E-state index in [1.165, 1.54) is 36.3 Å². The van der Waals surface area contributed by atoms with Crippen molar-refractivity contribution in [2.45, 2.75) is 25.4 Å². The minimum atomic E-state index is -0.913. The Balaban J connectivity index is 1.60. The number of nitrogens with zero attached hydrogens (tertiary/aromatic N) is 2. The Labute approximate surface area is 197 Å². The second-order valence-electron chi connectivity index (χ2n) is 8.00. The Morgan fingerprint density at radius 3 is 2.06 bits per heavy atom. The minimum absolute atomic E-state index is 0.106. The van der Waals surface area contributed by atoms with E-state index in [2.05, 4.69) is 0 Å². The van der Waals surface area contributed by atoms with Crippen molar-refractivity contribution in [3.63, 3.8) is 0 Å². The van der Waals surface area contributed by atoms with Crippen LogP contribution in [0.1, 0.15) is 27.9 Å². The quantitative estimate of drug-likeness (QED) is 0.402. The fourth-order valence-corrected chi connectivity index (χ4v) is 4.02. The predicted molar refractivity (Wildman–Crippen MR) is 126 cm³/mol. The number of esters is 1. The highest BCUT2D eigenvalue weighted by Crippen LogP contribution is 2.28. The van der Waals surface area contributed by atoms with Gasteiger partial charge in [-0.2, -0.15) is 0 Å². The number of carbonyl (C=O) groups excluding carboxylic acids is 4. The van der Waals surface area contributed by atoms with Gasteiger partial charge in [0.05, 0.1) is 31.2 Å². The largest absolute Gasteiger partial charge is 0.465 e. The fourth-order valence-electron chi connectivity index (χ4n) is 4.02. The van der Waals surface area contributed by atoms with Crippen LogP contribution in [0.15, 0.2) is 84.9 Å². The van der Waals surface area contributed by atoms with Crippen molar-refractivity contribution in [1.82, 2.24) is 4.90 Å². The third-order valence-corrected chi connectivity index (χ3v) is 5.76. The van der Waals surface area contributed by atoms with Crippen LogP contribution in [0.25, 0.3) is 0 Å². The number of hydrogen-bond donors (Lipinski definition) is 0. The molecule has 1 aliphatic rings. The molecule has 0 spiro atoms. The molecule has 1 fully saturated rings. The molecule has 1 unspecified atom stereocenters. The van der Waals surface area contributed by atoms with E-state index in [1.54, 1.807) is 0 Å². The number of rotatable bonds is 7. The molecule has 34 heavy (non-hydrogen) atoms. The maximum atomic E-state index is 13.4. The number of carbonyl (C=O) groups is 4. The lowest BCUT2D eigenvalue weighted by Crippen LogP contribution is -2.45. The molecule has 0 radical (unpaired) electrons. The van der Waals surface area contributed by atoms with Gasteiger partial charge in [0.15, 0.2) is 0 Å². The van der Waals surface area contributed by atoms with Gasteiger partial charge in [0.25, 0.3) is 5.91 Å². The molecule has 0 N–H and O–H groups in total. The molecule has 0 saturated carbocycles. The van der Waals surface area contributed by atoms with E-state index in [-0.39, 0.29) is 25.3 Å². The standard InChI is InChI=1S/C27H24N2O5/c1-34-27(33)21-12-14-22(15-13-21)29-25(31)17-23(26(29)32)28(18-20-10-6-3-7-11-20)24(30)16-19-8-4-2-5-9-19/h2-15,23H,16-18H2,1H3. The predicted octanol–water partition coefficient (Wildman–Crippen LogP) is 3.38. The summed E-state index contributed by atoms with van der Waals surface area (Å²) >= 11 is 0. The summed E-state index contributed by atoms with van der Waals surface area (Å²) in [7, 11) is 1.28. The molecule has 1 aliphatic heterocycles. The van der Waals surface area contributed by atoms with Crippen LogP contribution in [0, 0.1) is 0 Å². The van der Waals surface area contributed by atoms with E-state index in [4.69, 9.17) is 4.74 Å². The Morgan fingerprint density at radius 2 is 1.47 bits per heavy atom. The second-order valence-corrected chi connectivity index (χ2v) is 8.00. The SMILES string of the molecule is COC(=O)c1ccc(N2C(=O)CC(N(Cc3ccccc3)C(=O)Cc3ccccc3)C2=O)cc1. The van der Waals surface area contributed by atoms with Crippen molar-refractivity contribution in [2.75, 3.05) is 12.0 Å². The van der Waals surface area contributed by atoms with Crippen molar-refractivity contribution in [2.24, 2.45) is 0 Å². The number of hydrogen-bond acceptors (Lipinski definition) is 5. The summed E-state index contributed by atoms with van der Waals surface area (Å²) in [4.78, 5) is 53.9. The monoisotopic (exact) mass is 456 g/mol. The van der Waals surface area contributed by atoms with Crippen molar-refractivity contribution < 1.29 is 23.9 Å². The number of methoxy groups -OCH3 is 1. The molecule has 7 nitrogen and oxygen atoms in total. The summed E-state index contributed by atoms with van der Waals surface area (Å²) in [6.45, 7) is 0.214. The van der Waals surface area contributed by atoms with Crippen LogP contribution >= 0.6 is 0 Å². The molecule has 172 valence electrons. The summed E-state index contributed by atoms with van der Waals surface area (Å²) < 4.78 is 4.69. The zero-order valence-electron chi connectivity index (χ0n) is 18.7. The third kappa shape index (κ3) is 4.88. The van der Waals surface area contributed by atoms with Crippen LogP contribution in [0.3, 0.4) is 0 Å². The van der Waals surface area contributed by atoms with Gasteiger partial charge >= 0.3 is 5.97 Å². The fraction of sp³-hybridized carbons (Fsp3) is 0.185. The Kier molecular flexibility index (Phi) is 6.82. The topological polar surface area (TPSA) is 84.0 Å². The van der Waals surface area contributed by atoms with Crippen molar-refractivity contribution in [3.8, 4) is 0 Å². The molecule has 0 aromatic heterocycles. The lowest BCUT2D eigenvalue weighted by atomic mass is 10.1. The van der Waals surface area contributed by atoms with E-state index in [0.29, 0.717) is 11.3 Å². The maximum absolute atomic E-state index is 13.4. The molecular weight excluding hydrogens is 432 g/mol. The number of benzene rings is 3. The smallest absolute Gasteiger partial charge is 0.337 e. The first kappa shape index (κ1) is 22.9. The molecule has 1 atom stereocenters. The molecule has 1 heterocycles. The molecule has 3 aromatic carbocycles. The van der Waals surface area contributed by atoms with Gasteiger partial charge in [-0.3, -0.25) is 14.4 Å². The summed E-state index contributed by atoms with van der Waals surface area (Å²) in [6.07, 6.45) is 0.0183. The lowest BCUT2D eigenvalue weighted by Gasteiger charge is -2.28. The highest BCUT2D eigenvalue weighted by molar-refractivity contribution is 6.23.